The van der Waals surface area contributed by atoms with Gasteiger partial charge in [0.1, 0.15) is 5.75 Å². The normalized spacial score (nSPS) is 17.1. The van der Waals surface area contributed by atoms with Crippen LogP contribution >= 0.6 is 0 Å². The van der Waals surface area contributed by atoms with Crippen molar-refractivity contribution in [3.8, 4) is 5.75 Å². The van der Waals surface area contributed by atoms with Crippen LogP contribution in [0.3, 0.4) is 0 Å². The number of methoxy groups -OCH3 is 1. The van der Waals surface area contributed by atoms with Gasteiger partial charge < -0.3 is 14.8 Å². The van der Waals surface area contributed by atoms with E-state index in [9.17, 15) is 0 Å². The molecular formula is C17H27NO2. The number of likely N-dealkylation sites (N-methyl/N-ethyl adjacent to an activating group) is 1. The summed E-state index contributed by atoms with van der Waals surface area (Å²) in [6.07, 6.45) is 4.60. The zero-order valence-corrected chi connectivity index (χ0v) is 12.9. The van der Waals surface area contributed by atoms with Crippen LogP contribution in [-0.2, 0) is 11.2 Å². The van der Waals surface area contributed by atoms with E-state index in [0.717, 1.165) is 44.6 Å². The minimum absolute atomic E-state index is 0.192. The van der Waals surface area contributed by atoms with Crippen LogP contribution in [0.15, 0.2) is 18.2 Å². The van der Waals surface area contributed by atoms with Gasteiger partial charge in [0.2, 0.25) is 0 Å². The van der Waals surface area contributed by atoms with E-state index in [0.29, 0.717) is 0 Å². The van der Waals surface area contributed by atoms with Gasteiger partial charge in [0.15, 0.2) is 0 Å². The molecule has 1 N–H and O–H groups in total. The maximum absolute atomic E-state index is 5.96. The van der Waals surface area contributed by atoms with E-state index in [-0.39, 0.29) is 12.1 Å². The SMILES string of the molecule is CCCC(OC)C(NCC)c1cccc2c1OCCC2. The standard InChI is InChI=1S/C17H27NO2/c1-4-8-15(19-3)16(18-5-2)14-11-6-9-13-10-7-12-20-17(13)14/h6,9,11,15-16,18H,4-5,7-8,10,12H2,1-3H3. The quantitative estimate of drug-likeness (QED) is 0.827. The molecule has 20 heavy (non-hydrogen) atoms. The maximum atomic E-state index is 5.96. The molecule has 3 nitrogen and oxygen atoms in total. The Balaban J connectivity index is 2.33. The van der Waals surface area contributed by atoms with Crippen LogP contribution in [0.2, 0.25) is 0 Å². The second-order valence-electron chi connectivity index (χ2n) is 5.39. The molecule has 1 heterocycles. The summed E-state index contributed by atoms with van der Waals surface area (Å²) in [6, 6.07) is 6.71. The van der Waals surface area contributed by atoms with Crippen LogP contribution in [0.4, 0.5) is 0 Å². The lowest BCUT2D eigenvalue weighted by Crippen LogP contribution is -2.34. The first-order valence-electron chi connectivity index (χ1n) is 7.82. The molecule has 0 amide bonds. The van der Waals surface area contributed by atoms with Crippen molar-refractivity contribution in [1.29, 1.82) is 0 Å². The Morgan fingerprint density at radius 3 is 2.90 bits per heavy atom. The van der Waals surface area contributed by atoms with Gasteiger partial charge in [0.05, 0.1) is 18.8 Å². The topological polar surface area (TPSA) is 30.5 Å². The number of aryl methyl sites for hydroxylation is 1. The van der Waals surface area contributed by atoms with Gasteiger partial charge in [-0.3, -0.25) is 0 Å². The summed E-state index contributed by atoms with van der Waals surface area (Å²) in [5, 5.41) is 3.58. The van der Waals surface area contributed by atoms with Crippen molar-refractivity contribution in [2.24, 2.45) is 0 Å². The number of rotatable bonds is 7. The zero-order valence-electron chi connectivity index (χ0n) is 12.9. The average Bonchev–Trinajstić information content (AvgIpc) is 2.50. The molecule has 0 saturated heterocycles. The lowest BCUT2D eigenvalue weighted by atomic mass is 9.93. The van der Waals surface area contributed by atoms with E-state index < -0.39 is 0 Å². The fraction of sp³-hybridized carbons (Fsp3) is 0.647. The molecule has 1 aliphatic rings. The van der Waals surface area contributed by atoms with Crippen molar-refractivity contribution < 1.29 is 9.47 Å². The molecule has 2 unspecified atom stereocenters. The predicted molar refractivity (Wildman–Crippen MR) is 82.4 cm³/mol. The predicted octanol–water partition coefficient (Wildman–Crippen LogP) is 3.48. The molecule has 0 spiro atoms. The molecule has 112 valence electrons. The van der Waals surface area contributed by atoms with Crippen LogP contribution in [-0.4, -0.2) is 26.4 Å². The summed E-state index contributed by atoms with van der Waals surface area (Å²) >= 11 is 0. The Kier molecular flexibility index (Phi) is 5.86. The summed E-state index contributed by atoms with van der Waals surface area (Å²) in [4.78, 5) is 0. The molecule has 1 aliphatic heterocycles. The van der Waals surface area contributed by atoms with E-state index in [1.54, 1.807) is 7.11 Å². The largest absolute Gasteiger partial charge is 0.493 e. The van der Waals surface area contributed by atoms with E-state index in [1.807, 2.05) is 0 Å². The van der Waals surface area contributed by atoms with Crippen molar-refractivity contribution in [3.63, 3.8) is 0 Å². The first kappa shape index (κ1) is 15.3. The first-order chi connectivity index (χ1) is 9.81. The third-order valence-electron chi connectivity index (χ3n) is 3.97. The lowest BCUT2D eigenvalue weighted by molar-refractivity contribution is 0.0598. The second-order valence-corrected chi connectivity index (χ2v) is 5.39. The van der Waals surface area contributed by atoms with E-state index in [4.69, 9.17) is 9.47 Å². The average molecular weight is 277 g/mol. The fourth-order valence-corrected chi connectivity index (χ4v) is 3.03. The molecule has 2 atom stereocenters. The second kappa shape index (κ2) is 7.65. The Morgan fingerprint density at radius 2 is 2.20 bits per heavy atom. The molecular weight excluding hydrogens is 250 g/mol. The summed E-state index contributed by atoms with van der Waals surface area (Å²) in [7, 11) is 1.81. The highest BCUT2D eigenvalue weighted by molar-refractivity contribution is 5.45. The molecule has 1 aromatic carbocycles. The monoisotopic (exact) mass is 277 g/mol. The van der Waals surface area contributed by atoms with Gasteiger partial charge in [-0.05, 0) is 31.4 Å². The molecule has 0 saturated carbocycles. The van der Waals surface area contributed by atoms with Crippen molar-refractivity contribution >= 4 is 0 Å². The van der Waals surface area contributed by atoms with Crippen LogP contribution < -0.4 is 10.1 Å². The van der Waals surface area contributed by atoms with Crippen molar-refractivity contribution in [2.45, 2.75) is 51.7 Å². The van der Waals surface area contributed by atoms with Gasteiger partial charge in [-0.1, -0.05) is 38.5 Å². The molecule has 0 aromatic heterocycles. The molecule has 0 radical (unpaired) electrons. The Hall–Kier alpha value is -1.06. The van der Waals surface area contributed by atoms with Crippen molar-refractivity contribution in [3.05, 3.63) is 29.3 Å². The number of hydrogen-bond acceptors (Lipinski definition) is 3. The van der Waals surface area contributed by atoms with Crippen LogP contribution in [0.5, 0.6) is 5.75 Å². The highest BCUT2D eigenvalue weighted by Gasteiger charge is 2.26. The summed E-state index contributed by atoms with van der Waals surface area (Å²) in [6.45, 7) is 6.10. The lowest BCUT2D eigenvalue weighted by Gasteiger charge is -2.30. The molecule has 0 aliphatic carbocycles. The van der Waals surface area contributed by atoms with Crippen molar-refractivity contribution in [2.75, 3.05) is 20.3 Å². The molecule has 0 fully saturated rings. The van der Waals surface area contributed by atoms with Gasteiger partial charge in [-0.15, -0.1) is 0 Å². The van der Waals surface area contributed by atoms with Gasteiger partial charge in [-0.25, -0.2) is 0 Å². The summed E-state index contributed by atoms with van der Waals surface area (Å²) in [5.41, 5.74) is 2.59. The summed E-state index contributed by atoms with van der Waals surface area (Å²) in [5.74, 6) is 1.09. The molecule has 3 heteroatoms. The summed E-state index contributed by atoms with van der Waals surface area (Å²) < 4.78 is 11.7. The third-order valence-corrected chi connectivity index (χ3v) is 3.97. The van der Waals surface area contributed by atoms with Crippen LogP contribution in [0.1, 0.15) is 50.3 Å². The highest BCUT2D eigenvalue weighted by Crippen LogP contribution is 2.35. The van der Waals surface area contributed by atoms with Crippen LogP contribution in [0.25, 0.3) is 0 Å². The Bertz CT molecular complexity index is 419. The van der Waals surface area contributed by atoms with Crippen molar-refractivity contribution in [1.82, 2.24) is 5.32 Å². The molecule has 0 bridgehead atoms. The van der Waals surface area contributed by atoms with Gasteiger partial charge >= 0.3 is 0 Å². The van der Waals surface area contributed by atoms with Gasteiger partial charge in [-0.2, -0.15) is 0 Å². The Labute approximate surface area is 122 Å². The fourth-order valence-electron chi connectivity index (χ4n) is 3.03. The van der Waals surface area contributed by atoms with Gasteiger partial charge in [0, 0.05) is 12.7 Å². The zero-order chi connectivity index (χ0) is 14.4. The van der Waals surface area contributed by atoms with E-state index >= 15 is 0 Å². The number of nitrogens with one attached hydrogen (secondary N) is 1. The molecule has 1 aromatic rings. The highest BCUT2D eigenvalue weighted by atomic mass is 16.5. The number of fused-ring (bicyclic) bond motifs is 1. The minimum Gasteiger partial charge on any atom is -0.493 e. The number of hydrogen-bond donors (Lipinski definition) is 1. The van der Waals surface area contributed by atoms with E-state index in [2.05, 4.69) is 37.4 Å². The van der Waals surface area contributed by atoms with Gasteiger partial charge in [0.25, 0.3) is 0 Å². The molecule has 2 rings (SSSR count). The van der Waals surface area contributed by atoms with E-state index in [1.165, 1.54) is 11.1 Å². The Morgan fingerprint density at radius 1 is 1.35 bits per heavy atom. The smallest absolute Gasteiger partial charge is 0.127 e. The number of ether oxygens (including phenoxy) is 2. The van der Waals surface area contributed by atoms with Crippen LogP contribution in [0, 0.1) is 0 Å². The first-order valence-corrected chi connectivity index (χ1v) is 7.82. The number of benzene rings is 1. The maximum Gasteiger partial charge on any atom is 0.127 e. The number of para-hydroxylation sites is 1. The third kappa shape index (κ3) is 3.33. The minimum atomic E-state index is 0.192.